The second kappa shape index (κ2) is 52.0. The summed E-state index contributed by atoms with van der Waals surface area (Å²) in [5.74, 6) is -0.369. The number of likely N-dealkylation sites (N-methyl/N-ethyl adjacent to an activating group) is 1. The van der Waals surface area contributed by atoms with Gasteiger partial charge in [0, 0.05) is 13.0 Å². The summed E-state index contributed by atoms with van der Waals surface area (Å²) in [6, 6.07) is 0. The molecule has 0 saturated heterocycles. The quantitative estimate of drug-likeness (QED) is 0.0213. The van der Waals surface area contributed by atoms with Crippen LogP contribution in [0.15, 0.2) is 85.1 Å². The molecule has 9 heteroatoms. The van der Waals surface area contributed by atoms with Crippen LogP contribution >= 0.6 is 7.82 Å². The Morgan fingerprint density at radius 2 is 0.826 bits per heavy atom. The molecule has 0 fully saturated rings. The molecule has 2 atom stereocenters. The normalized spacial score (nSPS) is 14.1. The third kappa shape index (κ3) is 56.5. The highest BCUT2D eigenvalue weighted by molar-refractivity contribution is 7.47. The van der Waals surface area contributed by atoms with Crippen LogP contribution < -0.4 is 0 Å². The van der Waals surface area contributed by atoms with Gasteiger partial charge in [-0.2, -0.15) is 0 Å². The number of hydrogen-bond donors (Lipinski definition) is 1. The monoisotopic (exact) mass is 987 g/mol. The molecule has 0 bridgehead atoms. The van der Waals surface area contributed by atoms with Crippen LogP contribution in [0.3, 0.4) is 0 Å². The Kier molecular flexibility index (Phi) is 50.3. The highest BCUT2D eigenvalue weighted by atomic mass is 31.2. The van der Waals surface area contributed by atoms with Crippen molar-refractivity contribution in [3.63, 3.8) is 0 Å². The van der Waals surface area contributed by atoms with E-state index in [0.29, 0.717) is 24.1 Å². The predicted molar refractivity (Wildman–Crippen MR) is 298 cm³/mol. The molecule has 0 aliphatic rings. The molecular formula is C60H109NO7P+. The fraction of sp³-hybridized carbons (Fsp3) is 0.750. The molecule has 1 N–H and O–H groups in total. The largest absolute Gasteiger partial charge is 0.472 e. The second-order valence-electron chi connectivity index (χ2n) is 19.9. The Hall–Kier alpha value is -2.32. The molecule has 0 aromatic rings. The number of esters is 1. The minimum Gasteiger partial charge on any atom is -0.457 e. The Bertz CT molecular complexity index is 1380. The number of ether oxygens (including phenoxy) is 2. The molecule has 2 unspecified atom stereocenters. The molecule has 69 heavy (non-hydrogen) atoms. The third-order valence-electron chi connectivity index (χ3n) is 12.0. The number of hydrogen-bond acceptors (Lipinski definition) is 6. The van der Waals surface area contributed by atoms with Crippen molar-refractivity contribution < 1.29 is 37.3 Å². The number of unbranched alkanes of at least 4 members (excludes halogenated alkanes) is 24. The number of carbonyl (C=O) groups excluding carboxylic acids is 1. The molecule has 400 valence electrons. The van der Waals surface area contributed by atoms with Gasteiger partial charge in [-0.05, 0) is 64.2 Å². The van der Waals surface area contributed by atoms with Gasteiger partial charge in [0.2, 0.25) is 0 Å². The second-order valence-corrected chi connectivity index (χ2v) is 21.4. The lowest BCUT2D eigenvalue weighted by Gasteiger charge is -2.24. The summed E-state index contributed by atoms with van der Waals surface area (Å²) >= 11 is 0. The Morgan fingerprint density at radius 1 is 0.464 bits per heavy atom. The Balaban J connectivity index is 4.18. The van der Waals surface area contributed by atoms with E-state index in [1.165, 1.54) is 141 Å². The van der Waals surface area contributed by atoms with Gasteiger partial charge in [-0.1, -0.05) is 247 Å². The van der Waals surface area contributed by atoms with E-state index in [1.807, 2.05) is 21.1 Å². The van der Waals surface area contributed by atoms with Gasteiger partial charge >= 0.3 is 13.8 Å². The van der Waals surface area contributed by atoms with Gasteiger partial charge in [0.25, 0.3) is 0 Å². The zero-order valence-corrected chi connectivity index (χ0v) is 46.4. The average Bonchev–Trinajstić information content (AvgIpc) is 3.31. The van der Waals surface area contributed by atoms with Crippen molar-refractivity contribution >= 4 is 13.8 Å². The first-order chi connectivity index (χ1) is 33.6. The van der Waals surface area contributed by atoms with Crippen LogP contribution in [0.1, 0.15) is 232 Å². The van der Waals surface area contributed by atoms with Crippen LogP contribution in [-0.4, -0.2) is 75.6 Å². The summed E-state index contributed by atoms with van der Waals surface area (Å²) in [5, 5.41) is 0. The van der Waals surface area contributed by atoms with Crippen LogP contribution in [0.25, 0.3) is 0 Å². The van der Waals surface area contributed by atoms with Crippen molar-refractivity contribution in [1.82, 2.24) is 0 Å². The van der Waals surface area contributed by atoms with Gasteiger partial charge in [-0.3, -0.25) is 13.8 Å². The van der Waals surface area contributed by atoms with Gasteiger partial charge in [0.05, 0.1) is 34.4 Å². The molecule has 0 rings (SSSR count). The highest BCUT2D eigenvalue weighted by Gasteiger charge is 2.26. The number of quaternary nitrogens is 1. The molecule has 0 aliphatic carbocycles. The molecule has 0 aromatic heterocycles. The first kappa shape index (κ1) is 66.7. The lowest BCUT2D eigenvalue weighted by atomic mass is 10.0. The average molecular weight is 988 g/mol. The van der Waals surface area contributed by atoms with Crippen molar-refractivity contribution in [1.29, 1.82) is 0 Å². The topological polar surface area (TPSA) is 91.3 Å². The van der Waals surface area contributed by atoms with Crippen LogP contribution in [-0.2, 0) is 27.9 Å². The molecule has 0 aromatic carbocycles. The Labute approximate surface area is 426 Å². The minimum atomic E-state index is -4.30. The maximum atomic E-state index is 12.8. The standard InChI is InChI=1S/C60H108NO7P/c1-6-8-10-12-14-16-18-20-22-24-26-28-30-32-34-36-38-40-42-44-46-48-50-52-55-65-57-59(58-67-69(63,64)66-56-54-61(3,4)5)68-60(62)53-51-49-47-45-43-41-39-37-35-33-31-29-27-25-23-21-19-17-15-13-11-9-7-2/h9,11,15,17,21,23,27,29,33,35,39,41,45,47,59H,6-8,10,12-14,16,18-20,22,24-26,28,30-32,34,36-38,40,42-44,46,48-58H2,1-5H3/p+1/b11-9-,17-15-,23-21-,29-27-,35-33-,41-39-,47-45-. The lowest BCUT2D eigenvalue weighted by Crippen LogP contribution is -2.37. The SMILES string of the molecule is CC/C=C\C/C=C\C/C=C\C/C=C\C/C=C\C/C=C\C/C=C\CCCC(=O)OC(COCCCCCCCCCCCCCCCCCCCCCCCCCC)COP(=O)(O)OCC[N+](C)(C)C. The zero-order valence-electron chi connectivity index (χ0n) is 45.5. The van der Waals surface area contributed by atoms with Gasteiger partial charge in [0.1, 0.15) is 19.3 Å². The smallest absolute Gasteiger partial charge is 0.457 e. The molecular weight excluding hydrogens is 878 g/mol. The van der Waals surface area contributed by atoms with E-state index in [2.05, 4.69) is 98.9 Å². The number of phosphoric ester groups is 1. The summed E-state index contributed by atoms with van der Waals surface area (Å²) in [4.78, 5) is 23.0. The third-order valence-corrected chi connectivity index (χ3v) is 13.0. The minimum absolute atomic E-state index is 0.0748. The highest BCUT2D eigenvalue weighted by Crippen LogP contribution is 2.43. The predicted octanol–water partition coefficient (Wildman–Crippen LogP) is 18.0. The summed E-state index contributed by atoms with van der Waals surface area (Å²) in [7, 11) is 1.63. The van der Waals surface area contributed by atoms with E-state index in [1.54, 1.807) is 0 Å². The molecule has 0 radical (unpaired) electrons. The van der Waals surface area contributed by atoms with Gasteiger partial charge in [-0.25, -0.2) is 4.57 Å². The van der Waals surface area contributed by atoms with E-state index < -0.39 is 13.9 Å². The first-order valence-corrected chi connectivity index (χ1v) is 29.8. The van der Waals surface area contributed by atoms with E-state index >= 15 is 0 Å². The number of carbonyl (C=O) groups is 1. The number of rotatable bonds is 52. The fourth-order valence-electron chi connectivity index (χ4n) is 7.66. The summed E-state index contributed by atoms with van der Waals surface area (Å²) < 4.78 is 35.2. The molecule has 0 aliphatic heterocycles. The number of phosphoric acid groups is 1. The van der Waals surface area contributed by atoms with Crippen LogP contribution in [0, 0.1) is 0 Å². The fourth-order valence-corrected chi connectivity index (χ4v) is 8.40. The summed E-state index contributed by atoms with van der Waals surface area (Å²) in [6.07, 6.45) is 70.9. The summed E-state index contributed by atoms with van der Waals surface area (Å²) in [5.41, 5.74) is 0. The van der Waals surface area contributed by atoms with Crippen molar-refractivity contribution in [2.75, 3.05) is 54.1 Å². The number of nitrogens with zero attached hydrogens (tertiary/aromatic N) is 1. The van der Waals surface area contributed by atoms with E-state index in [4.69, 9.17) is 18.5 Å². The number of allylic oxidation sites excluding steroid dienone is 14. The summed E-state index contributed by atoms with van der Waals surface area (Å²) in [6.45, 7) is 5.45. The molecule has 0 amide bonds. The van der Waals surface area contributed by atoms with Crippen molar-refractivity contribution in [2.24, 2.45) is 0 Å². The van der Waals surface area contributed by atoms with Crippen molar-refractivity contribution in [3.05, 3.63) is 85.1 Å². The van der Waals surface area contributed by atoms with Gasteiger partial charge in [0.15, 0.2) is 0 Å². The zero-order chi connectivity index (χ0) is 50.5. The Morgan fingerprint density at radius 3 is 1.20 bits per heavy atom. The van der Waals surface area contributed by atoms with E-state index in [0.717, 1.165) is 64.2 Å². The molecule has 0 saturated carbocycles. The maximum Gasteiger partial charge on any atom is 0.472 e. The lowest BCUT2D eigenvalue weighted by molar-refractivity contribution is -0.870. The maximum absolute atomic E-state index is 12.8. The molecule has 0 spiro atoms. The van der Waals surface area contributed by atoms with Crippen molar-refractivity contribution in [3.8, 4) is 0 Å². The van der Waals surface area contributed by atoms with E-state index in [-0.39, 0.29) is 32.2 Å². The van der Waals surface area contributed by atoms with Crippen molar-refractivity contribution in [2.45, 2.75) is 238 Å². The van der Waals surface area contributed by atoms with Crippen LogP contribution in [0.5, 0.6) is 0 Å². The van der Waals surface area contributed by atoms with Crippen LogP contribution in [0.4, 0.5) is 0 Å². The van der Waals surface area contributed by atoms with Gasteiger partial charge in [-0.15, -0.1) is 0 Å². The van der Waals surface area contributed by atoms with E-state index in [9.17, 15) is 14.3 Å². The molecule has 8 nitrogen and oxygen atoms in total. The first-order valence-electron chi connectivity index (χ1n) is 28.3. The van der Waals surface area contributed by atoms with Crippen LogP contribution in [0.2, 0.25) is 0 Å². The van der Waals surface area contributed by atoms with Gasteiger partial charge < -0.3 is 18.9 Å². The molecule has 0 heterocycles.